The second kappa shape index (κ2) is 7.06. The third-order valence-electron chi connectivity index (χ3n) is 3.41. The molecular formula is C17H22N2O. The zero-order valence-corrected chi connectivity index (χ0v) is 12.0. The quantitative estimate of drug-likeness (QED) is 0.877. The van der Waals surface area contributed by atoms with Gasteiger partial charge in [-0.2, -0.15) is 0 Å². The zero-order valence-electron chi connectivity index (χ0n) is 12.0. The second-order valence-corrected chi connectivity index (χ2v) is 5.03. The van der Waals surface area contributed by atoms with Gasteiger partial charge in [0.2, 0.25) is 5.91 Å². The minimum absolute atomic E-state index is 0.160. The molecule has 106 valence electrons. The summed E-state index contributed by atoms with van der Waals surface area (Å²) in [4.78, 5) is 14.2. The maximum atomic E-state index is 12.3. The van der Waals surface area contributed by atoms with E-state index in [0.717, 1.165) is 18.5 Å². The number of hydrogen-bond donors (Lipinski definition) is 1. The van der Waals surface area contributed by atoms with Gasteiger partial charge in [-0.1, -0.05) is 49.4 Å². The van der Waals surface area contributed by atoms with Gasteiger partial charge in [-0.25, -0.2) is 0 Å². The van der Waals surface area contributed by atoms with E-state index in [4.69, 9.17) is 5.73 Å². The molecule has 20 heavy (non-hydrogen) atoms. The fraction of sp³-hybridized carbons (Fsp3) is 0.353. The Kier molecular flexibility index (Phi) is 5.13. The average molecular weight is 270 g/mol. The molecule has 0 radical (unpaired) electrons. The van der Waals surface area contributed by atoms with E-state index >= 15 is 0 Å². The number of benzene rings is 2. The van der Waals surface area contributed by atoms with Crippen LogP contribution in [0.1, 0.15) is 18.9 Å². The number of carbonyl (C=O) groups excluding carboxylic acids is 1. The van der Waals surface area contributed by atoms with E-state index in [9.17, 15) is 4.79 Å². The zero-order chi connectivity index (χ0) is 14.4. The van der Waals surface area contributed by atoms with Crippen LogP contribution in [0.4, 0.5) is 0 Å². The molecule has 0 aromatic heterocycles. The molecule has 0 saturated heterocycles. The van der Waals surface area contributed by atoms with Crippen molar-refractivity contribution in [3.05, 3.63) is 48.0 Å². The lowest BCUT2D eigenvalue weighted by Crippen LogP contribution is -2.36. The van der Waals surface area contributed by atoms with Crippen LogP contribution < -0.4 is 5.73 Å². The Morgan fingerprint density at radius 3 is 2.55 bits per heavy atom. The Labute approximate surface area is 120 Å². The van der Waals surface area contributed by atoms with E-state index in [-0.39, 0.29) is 5.91 Å². The minimum atomic E-state index is 0.160. The third-order valence-corrected chi connectivity index (χ3v) is 3.41. The summed E-state index contributed by atoms with van der Waals surface area (Å²) in [7, 11) is 0. The van der Waals surface area contributed by atoms with Crippen LogP contribution in [-0.4, -0.2) is 30.4 Å². The maximum Gasteiger partial charge on any atom is 0.227 e. The maximum absolute atomic E-state index is 12.3. The number of rotatable bonds is 6. The van der Waals surface area contributed by atoms with Crippen LogP contribution >= 0.6 is 0 Å². The predicted molar refractivity (Wildman–Crippen MR) is 83.6 cm³/mol. The Bertz CT molecular complexity index is 574. The van der Waals surface area contributed by atoms with E-state index in [2.05, 4.69) is 31.2 Å². The lowest BCUT2D eigenvalue weighted by molar-refractivity contribution is -0.130. The van der Waals surface area contributed by atoms with Crippen LogP contribution in [0.15, 0.2) is 42.5 Å². The van der Waals surface area contributed by atoms with Crippen molar-refractivity contribution in [1.82, 2.24) is 4.90 Å². The Hall–Kier alpha value is -1.87. The Morgan fingerprint density at radius 2 is 1.85 bits per heavy atom. The minimum Gasteiger partial charge on any atom is -0.341 e. The van der Waals surface area contributed by atoms with Gasteiger partial charge in [0.25, 0.3) is 0 Å². The molecule has 2 N–H and O–H groups in total. The lowest BCUT2D eigenvalue weighted by atomic mass is 10.0. The number of fused-ring (bicyclic) bond motifs is 1. The number of carbonyl (C=O) groups is 1. The van der Waals surface area contributed by atoms with E-state index in [1.165, 1.54) is 10.8 Å². The predicted octanol–water partition coefficient (Wildman–Crippen LogP) is 2.58. The first-order valence-corrected chi connectivity index (χ1v) is 7.20. The molecule has 0 spiro atoms. The fourth-order valence-electron chi connectivity index (χ4n) is 2.42. The summed E-state index contributed by atoms with van der Waals surface area (Å²) in [5.41, 5.74) is 6.63. The lowest BCUT2D eigenvalue weighted by Gasteiger charge is -2.21. The van der Waals surface area contributed by atoms with E-state index in [1.54, 1.807) is 0 Å². The van der Waals surface area contributed by atoms with E-state index < -0.39 is 0 Å². The normalized spacial score (nSPS) is 10.7. The van der Waals surface area contributed by atoms with Gasteiger partial charge in [0.05, 0.1) is 6.42 Å². The highest BCUT2D eigenvalue weighted by atomic mass is 16.2. The van der Waals surface area contributed by atoms with Crippen LogP contribution in [0.2, 0.25) is 0 Å². The Balaban J connectivity index is 2.11. The SMILES string of the molecule is CCCN(CCN)C(=O)Cc1ccc2ccccc2c1. The number of nitrogens with zero attached hydrogens (tertiary/aromatic N) is 1. The van der Waals surface area contributed by atoms with E-state index in [0.29, 0.717) is 19.5 Å². The van der Waals surface area contributed by atoms with Gasteiger partial charge < -0.3 is 10.6 Å². The molecule has 2 aromatic carbocycles. The van der Waals surface area contributed by atoms with Crippen LogP contribution in [0.3, 0.4) is 0 Å². The molecule has 2 rings (SSSR count). The number of hydrogen-bond acceptors (Lipinski definition) is 2. The molecule has 0 aliphatic rings. The van der Waals surface area contributed by atoms with Crippen molar-refractivity contribution in [2.24, 2.45) is 5.73 Å². The van der Waals surface area contributed by atoms with Gasteiger partial charge in [-0.3, -0.25) is 4.79 Å². The standard InChI is InChI=1S/C17H22N2O/c1-2-10-19(11-9-18)17(20)13-14-7-8-15-5-3-4-6-16(15)12-14/h3-8,12H,2,9-11,13,18H2,1H3. The first-order chi connectivity index (χ1) is 9.74. The summed E-state index contributed by atoms with van der Waals surface area (Å²) in [5.74, 6) is 0.160. The van der Waals surface area contributed by atoms with Gasteiger partial charge in [0, 0.05) is 19.6 Å². The molecule has 0 heterocycles. The van der Waals surface area contributed by atoms with Gasteiger partial charge in [0.1, 0.15) is 0 Å². The second-order valence-electron chi connectivity index (χ2n) is 5.03. The number of nitrogens with two attached hydrogens (primary N) is 1. The van der Waals surface area contributed by atoms with Crippen molar-refractivity contribution in [1.29, 1.82) is 0 Å². The van der Waals surface area contributed by atoms with Crippen LogP contribution in [0.25, 0.3) is 10.8 Å². The first-order valence-electron chi connectivity index (χ1n) is 7.20. The molecule has 0 saturated carbocycles. The summed E-state index contributed by atoms with van der Waals surface area (Å²) in [6, 6.07) is 14.4. The van der Waals surface area contributed by atoms with Crippen molar-refractivity contribution in [3.8, 4) is 0 Å². The average Bonchev–Trinajstić information content (AvgIpc) is 2.47. The monoisotopic (exact) mass is 270 g/mol. The summed E-state index contributed by atoms with van der Waals surface area (Å²) >= 11 is 0. The topological polar surface area (TPSA) is 46.3 Å². The summed E-state index contributed by atoms with van der Waals surface area (Å²) in [6.07, 6.45) is 1.41. The molecule has 3 nitrogen and oxygen atoms in total. The van der Waals surface area contributed by atoms with Gasteiger partial charge in [-0.05, 0) is 22.8 Å². The van der Waals surface area contributed by atoms with Gasteiger partial charge >= 0.3 is 0 Å². The van der Waals surface area contributed by atoms with Crippen LogP contribution in [-0.2, 0) is 11.2 Å². The van der Waals surface area contributed by atoms with Gasteiger partial charge in [-0.15, -0.1) is 0 Å². The van der Waals surface area contributed by atoms with Crippen molar-refractivity contribution in [3.63, 3.8) is 0 Å². The van der Waals surface area contributed by atoms with Crippen molar-refractivity contribution in [2.45, 2.75) is 19.8 Å². The first kappa shape index (κ1) is 14.5. The smallest absolute Gasteiger partial charge is 0.227 e. The molecule has 0 atom stereocenters. The third kappa shape index (κ3) is 3.58. The van der Waals surface area contributed by atoms with Gasteiger partial charge in [0.15, 0.2) is 0 Å². The highest BCUT2D eigenvalue weighted by molar-refractivity contribution is 5.85. The molecule has 2 aromatic rings. The van der Waals surface area contributed by atoms with E-state index in [1.807, 2.05) is 23.1 Å². The van der Waals surface area contributed by atoms with Crippen LogP contribution in [0, 0.1) is 0 Å². The summed E-state index contributed by atoms with van der Waals surface area (Å²) < 4.78 is 0. The highest BCUT2D eigenvalue weighted by Crippen LogP contribution is 2.16. The van der Waals surface area contributed by atoms with Crippen molar-refractivity contribution in [2.75, 3.05) is 19.6 Å². The summed E-state index contributed by atoms with van der Waals surface area (Å²) in [6.45, 7) is 4.01. The van der Waals surface area contributed by atoms with Crippen molar-refractivity contribution >= 4 is 16.7 Å². The Morgan fingerprint density at radius 1 is 1.10 bits per heavy atom. The largest absolute Gasteiger partial charge is 0.341 e. The molecule has 0 aliphatic heterocycles. The van der Waals surface area contributed by atoms with Crippen molar-refractivity contribution < 1.29 is 4.79 Å². The summed E-state index contributed by atoms with van der Waals surface area (Å²) in [5, 5.41) is 2.38. The molecule has 0 bridgehead atoms. The molecule has 0 fully saturated rings. The number of amides is 1. The van der Waals surface area contributed by atoms with Crippen LogP contribution in [0.5, 0.6) is 0 Å². The molecular weight excluding hydrogens is 248 g/mol. The molecule has 1 amide bonds. The molecule has 0 unspecified atom stereocenters. The molecule has 3 heteroatoms. The molecule has 0 aliphatic carbocycles. The highest BCUT2D eigenvalue weighted by Gasteiger charge is 2.12. The fourth-order valence-corrected chi connectivity index (χ4v) is 2.42.